The largest absolute Gasteiger partial charge is 0.486 e. The Morgan fingerprint density at radius 3 is 2.11 bits per heavy atom. The number of hydrogen-bond acceptors (Lipinski definition) is 5. The van der Waals surface area contributed by atoms with Crippen LogP contribution in [0.2, 0.25) is 0 Å². The van der Waals surface area contributed by atoms with E-state index in [1.54, 1.807) is 24.3 Å². The number of primary amides is 1. The fraction of sp³-hybridized carbons (Fsp3) is 0.333. The Bertz CT molecular complexity index is 1210. The van der Waals surface area contributed by atoms with Crippen molar-refractivity contribution in [3.63, 3.8) is 0 Å². The second-order valence-corrected chi connectivity index (χ2v) is 9.39. The van der Waals surface area contributed by atoms with E-state index in [1.807, 2.05) is 6.07 Å². The van der Waals surface area contributed by atoms with Gasteiger partial charge in [-0.15, -0.1) is 0 Å². The van der Waals surface area contributed by atoms with Crippen LogP contribution in [0.1, 0.15) is 42.1 Å². The van der Waals surface area contributed by atoms with Gasteiger partial charge in [-0.1, -0.05) is 42.5 Å². The van der Waals surface area contributed by atoms with Crippen molar-refractivity contribution < 1.29 is 23.5 Å². The van der Waals surface area contributed by atoms with Crippen molar-refractivity contribution >= 4 is 11.7 Å². The minimum atomic E-state index is -0.982. The normalized spacial score (nSPS) is 15.4. The third-order valence-corrected chi connectivity index (χ3v) is 6.77. The van der Waals surface area contributed by atoms with Gasteiger partial charge in [-0.3, -0.25) is 9.59 Å². The highest BCUT2D eigenvalue weighted by atomic mass is 19.1. The fourth-order valence-corrected chi connectivity index (χ4v) is 4.58. The number of fused-ring (bicyclic) bond motifs is 1. The molecule has 0 unspecified atom stereocenters. The van der Waals surface area contributed by atoms with E-state index >= 15 is 0 Å². The molecule has 1 atom stereocenters. The van der Waals surface area contributed by atoms with Gasteiger partial charge in [-0.25, -0.2) is 4.39 Å². The van der Waals surface area contributed by atoms with Crippen LogP contribution >= 0.6 is 0 Å². The van der Waals surface area contributed by atoms with Gasteiger partial charge in [0.05, 0.1) is 0 Å². The molecule has 2 aliphatic heterocycles. The molecule has 1 saturated heterocycles. The van der Waals surface area contributed by atoms with Crippen molar-refractivity contribution in [2.45, 2.75) is 38.6 Å². The van der Waals surface area contributed by atoms with E-state index in [1.165, 1.54) is 62.2 Å². The van der Waals surface area contributed by atoms with Crippen LogP contribution in [0.15, 0.2) is 66.7 Å². The van der Waals surface area contributed by atoms with Gasteiger partial charge in [-0.2, -0.15) is 0 Å². The molecule has 1 amide bonds. The van der Waals surface area contributed by atoms with Crippen molar-refractivity contribution in [2.24, 2.45) is 5.73 Å². The maximum Gasteiger partial charge on any atom is 0.289 e. The Morgan fingerprint density at radius 1 is 0.892 bits per heavy atom. The molecule has 0 spiro atoms. The smallest absolute Gasteiger partial charge is 0.289 e. The molecule has 3 aromatic carbocycles. The van der Waals surface area contributed by atoms with E-state index in [2.05, 4.69) is 24.0 Å². The number of likely N-dealkylation sites (tertiary alicyclic amines) is 1. The molecule has 3 aromatic rings. The molecule has 2 heterocycles. The Kier molecular flexibility index (Phi) is 8.90. The van der Waals surface area contributed by atoms with Crippen LogP contribution in [0.3, 0.4) is 0 Å². The van der Waals surface area contributed by atoms with Crippen molar-refractivity contribution in [3.05, 3.63) is 83.7 Å². The summed E-state index contributed by atoms with van der Waals surface area (Å²) < 4.78 is 24.0. The van der Waals surface area contributed by atoms with Crippen LogP contribution in [0.4, 0.5) is 4.39 Å². The summed E-state index contributed by atoms with van der Waals surface area (Å²) in [5.41, 5.74) is 8.16. The monoisotopic (exact) mass is 504 g/mol. The molecule has 0 saturated carbocycles. The lowest BCUT2D eigenvalue weighted by Crippen LogP contribution is -2.30. The second-order valence-electron chi connectivity index (χ2n) is 9.39. The molecule has 1 fully saturated rings. The zero-order chi connectivity index (χ0) is 26.2. The maximum absolute atomic E-state index is 12.8. The highest BCUT2D eigenvalue weighted by Gasteiger charge is 2.18. The van der Waals surface area contributed by atoms with E-state index in [0.717, 1.165) is 29.0 Å². The number of ether oxygens (including phenoxy) is 2. The number of aryl methyl sites for hydroxylation is 1. The van der Waals surface area contributed by atoms with Gasteiger partial charge in [0.2, 0.25) is 5.78 Å². The first-order valence-electron chi connectivity index (χ1n) is 12.7. The van der Waals surface area contributed by atoms with Crippen LogP contribution in [-0.4, -0.2) is 48.9 Å². The molecule has 194 valence electrons. The maximum atomic E-state index is 12.8. The molecule has 37 heavy (non-hydrogen) atoms. The minimum Gasteiger partial charge on any atom is -0.486 e. The minimum absolute atomic E-state index is 0.244. The standard InChI is InChI=1S/C16H23NO2.C14H10FNO2/c1-13(17-8-2-3-9-17)4-5-14-6-7-15-16(12-14)19-11-10-18-15;15-12-7-5-10(6-8-12)9-1-3-11(4-2-9)13(17)14(16)18/h6-7,12-13H,2-5,8-11H2,1H3;1-8H,(H2,16,18)/t13-;/m0./s1. The molecule has 7 heteroatoms. The number of ketones is 1. The summed E-state index contributed by atoms with van der Waals surface area (Å²) in [4.78, 5) is 24.6. The van der Waals surface area contributed by atoms with Gasteiger partial charge >= 0.3 is 0 Å². The van der Waals surface area contributed by atoms with Crippen molar-refractivity contribution in [2.75, 3.05) is 26.3 Å². The lowest BCUT2D eigenvalue weighted by atomic mass is 10.0. The highest BCUT2D eigenvalue weighted by Crippen LogP contribution is 2.31. The van der Waals surface area contributed by atoms with E-state index in [0.29, 0.717) is 19.3 Å². The molecule has 2 aliphatic rings. The lowest BCUT2D eigenvalue weighted by molar-refractivity contribution is -0.114. The molecule has 0 aromatic heterocycles. The number of nitrogens with two attached hydrogens (primary N) is 1. The summed E-state index contributed by atoms with van der Waals surface area (Å²) >= 11 is 0. The van der Waals surface area contributed by atoms with Gasteiger partial charge in [0.15, 0.2) is 11.5 Å². The first-order chi connectivity index (χ1) is 17.9. The van der Waals surface area contributed by atoms with Crippen LogP contribution in [-0.2, 0) is 11.2 Å². The number of hydrogen-bond donors (Lipinski definition) is 1. The fourth-order valence-electron chi connectivity index (χ4n) is 4.58. The van der Waals surface area contributed by atoms with Gasteiger partial charge in [0, 0.05) is 11.6 Å². The van der Waals surface area contributed by atoms with Crippen molar-refractivity contribution in [3.8, 4) is 22.6 Å². The van der Waals surface area contributed by atoms with Crippen molar-refractivity contribution in [1.29, 1.82) is 0 Å². The summed E-state index contributed by atoms with van der Waals surface area (Å²) in [5.74, 6) is -0.204. The first-order valence-corrected chi connectivity index (χ1v) is 12.7. The average molecular weight is 505 g/mol. The summed E-state index contributed by atoms with van der Waals surface area (Å²) in [6, 6.07) is 19.5. The predicted octanol–water partition coefficient (Wildman–Crippen LogP) is 5.04. The van der Waals surface area contributed by atoms with Crippen LogP contribution < -0.4 is 15.2 Å². The summed E-state index contributed by atoms with van der Waals surface area (Å²) in [7, 11) is 0. The van der Waals surface area contributed by atoms with Gasteiger partial charge in [-0.05, 0) is 86.7 Å². The van der Waals surface area contributed by atoms with E-state index in [-0.39, 0.29) is 11.4 Å². The lowest BCUT2D eigenvalue weighted by Gasteiger charge is -2.24. The summed E-state index contributed by atoms with van der Waals surface area (Å²) in [6.45, 7) is 6.24. The molecular weight excluding hydrogens is 471 g/mol. The van der Waals surface area contributed by atoms with E-state index < -0.39 is 11.7 Å². The SMILES string of the molecule is C[C@@H](CCc1ccc2c(c1)OCCO2)N1CCCC1.NC(=O)C(=O)c1ccc(-c2ccc(F)cc2)cc1. The number of benzene rings is 3. The van der Waals surface area contributed by atoms with Crippen LogP contribution in [0, 0.1) is 5.82 Å². The quantitative estimate of drug-likeness (QED) is 0.360. The Morgan fingerprint density at radius 2 is 1.49 bits per heavy atom. The zero-order valence-corrected chi connectivity index (χ0v) is 21.1. The topological polar surface area (TPSA) is 81.9 Å². The van der Waals surface area contributed by atoms with Gasteiger partial charge in [0.1, 0.15) is 19.0 Å². The molecule has 0 bridgehead atoms. The number of nitrogens with zero attached hydrogens (tertiary/aromatic N) is 1. The molecule has 0 aliphatic carbocycles. The first kappa shape index (κ1) is 26.4. The number of carbonyl (C=O) groups is 2. The average Bonchev–Trinajstić information content (AvgIpc) is 3.47. The van der Waals surface area contributed by atoms with E-state index in [9.17, 15) is 14.0 Å². The van der Waals surface area contributed by atoms with Gasteiger partial charge < -0.3 is 20.1 Å². The third kappa shape index (κ3) is 7.17. The molecule has 2 N–H and O–H groups in total. The number of rotatable bonds is 7. The van der Waals surface area contributed by atoms with Crippen LogP contribution in [0.25, 0.3) is 11.1 Å². The zero-order valence-electron chi connectivity index (χ0n) is 21.1. The predicted molar refractivity (Wildman–Crippen MR) is 141 cm³/mol. The van der Waals surface area contributed by atoms with Crippen molar-refractivity contribution in [1.82, 2.24) is 4.90 Å². The van der Waals surface area contributed by atoms with Gasteiger partial charge in [0.25, 0.3) is 5.91 Å². The Hall–Kier alpha value is -3.71. The number of amides is 1. The Balaban J connectivity index is 0.000000173. The van der Waals surface area contributed by atoms with Crippen LogP contribution in [0.5, 0.6) is 11.5 Å². The van der Waals surface area contributed by atoms with E-state index in [4.69, 9.17) is 15.2 Å². The number of carbonyl (C=O) groups excluding carboxylic acids is 2. The highest BCUT2D eigenvalue weighted by molar-refractivity contribution is 6.42. The molecule has 5 rings (SSSR count). The third-order valence-electron chi connectivity index (χ3n) is 6.77. The molecule has 0 radical (unpaired) electrons. The number of Topliss-reactive ketones (excluding diaryl/α,β-unsaturated/α-hetero) is 1. The number of halogens is 1. The summed E-state index contributed by atoms with van der Waals surface area (Å²) in [6.07, 6.45) is 5.08. The summed E-state index contributed by atoms with van der Waals surface area (Å²) in [5, 5.41) is 0. The molecular formula is C30H33FN2O4. The second kappa shape index (κ2) is 12.5. The molecule has 6 nitrogen and oxygen atoms in total. The Labute approximate surface area is 217 Å².